The topological polar surface area (TPSA) is 100 Å². The second kappa shape index (κ2) is 13.9. The molecular formula is C54H32N8O. The van der Waals surface area contributed by atoms with Crippen molar-refractivity contribution in [3.8, 4) is 56.4 Å². The number of para-hydroxylation sites is 2. The van der Waals surface area contributed by atoms with Gasteiger partial charge >= 0.3 is 0 Å². The van der Waals surface area contributed by atoms with Gasteiger partial charge in [-0.1, -0.05) is 84.9 Å². The van der Waals surface area contributed by atoms with Gasteiger partial charge in [-0.3, -0.25) is 0 Å². The lowest BCUT2D eigenvalue weighted by Gasteiger charge is -2.08. The average Bonchev–Trinajstić information content (AvgIpc) is 4.01. The molecule has 9 heteroatoms. The van der Waals surface area contributed by atoms with Crippen LogP contribution < -0.4 is 0 Å². The first-order valence-electron chi connectivity index (χ1n) is 20.7. The van der Waals surface area contributed by atoms with Gasteiger partial charge in [0.25, 0.3) is 0 Å². The van der Waals surface area contributed by atoms with Gasteiger partial charge in [-0.25, -0.2) is 29.9 Å². The number of benzene rings is 8. The minimum absolute atomic E-state index is 0.638. The maximum atomic E-state index is 6.48. The van der Waals surface area contributed by atoms with E-state index in [1.54, 1.807) is 25.3 Å². The molecule has 0 aliphatic carbocycles. The summed E-state index contributed by atoms with van der Waals surface area (Å²) < 4.78 is 11.1. The first-order valence-corrected chi connectivity index (χ1v) is 20.7. The lowest BCUT2D eigenvalue weighted by molar-refractivity contribution is 0.669. The van der Waals surface area contributed by atoms with Crippen molar-refractivity contribution >= 4 is 65.6 Å². The number of hydrogen-bond acceptors (Lipinski definition) is 7. The molecule has 0 unspecified atom stereocenters. The number of rotatable bonds is 6. The van der Waals surface area contributed by atoms with Gasteiger partial charge < -0.3 is 13.6 Å². The van der Waals surface area contributed by atoms with Crippen LogP contribution in [-0.4, -0.2) is 39.0 Å². The summed E-state index contributed by atoms with van der Waals surface area (Å²) in [7, 11) is 0. The standard InChI is InChI=1S/C54H32N8O/c1-3-9-37(10-4-1)61-45-21-17-33(27-43(45)51-39(13-7-15-47(51)61)53-57-29-55-30-58-53)35-19-23-49-41(25-35)42-26-36(20-24-50(42)63-49)34-18-22-46-44(28-34)52-40(54-59-31-56-32-60-54)14-8-16-48(52)62(46)38-11-5-2-6-12-38/h1-32H. The molecule has 13 rings (SSSR count). The maximum absolute atomic E-state index is 6.48. The zero-order chi connectivity index (χ0) is 41.4. The van der Waals surface area contributed by atoms with Crippen molar-refractivity contribution in [1.29, 1.82) is 0 Å². The largest absolute Gasteiger partial charge is 0.456 e. The molecule has 5 heterocycles. The normalized spacial score (nSPS) is 11.8. The number of nitrogens with zero attached hydrogens (tertiary/aromatic N) is 8. The van der Waals surface area contributed by atoms with Crippen LogP contribution in [0.1, 0.15) is 0 Å². The van der Waals surface area contributed by atoms with E-state index in [-0.39, 0.29) is 0 Å². The molecule has 0 fully saturated rings. The molecule has 0 amide bonds. The lowest BCUT2D eigenvalue weighted by atomic mass is 9.97. The summed E-state index contributed by atoms with van der Waals surface area (Å²) in [5.41, 5.74) is 14.5. The van der Waals surface area contributed by atoms with E-state index in [0.29, 0.717) is 11.6 Å². The molecule has 0 saturated carbocycles. The molecule has 0 N–H and O–H groups in total. The highest BCUT2D eigenvalue weighted by Crippen LogP contribution is 2.43. The zero-order valence-electron chi connectivity index (χ0n) is 33.5. The summed E-state index contributed by atoms with van der Waals surface area (Å²) in [6.07, 6.45) is 6.21. The minimum Gasteiger partial charge on any atom is -0.456 e. The van der Waals surface area contributed by atoms with Crippen LogP contribution in [0, 0.1) is 0 Å². The summed E-state index contributed by atoms with van der Waals surface area (Å²) in [4.78, 5) is 26.4. The molecule has 0 atom stereocenters. The van der Waals surface area contributed by atoms with E-state index in [1.165, 1.54) is 0 Å². The molecule has 5 aromatic heterocycles. The highest BCUT2D eigenvalue weighted by molar-refractivity contribution is 6.18. The summed E-state index contributed by atoms with van der Waals surface area (Å²) in [6.45, 7) is 0. The number of fused-ring (bicyclic) bond motifs is 9. The van der Waals surface area contributed by atoms with Gasteiger partial charge in [0.05, 0.1) is 22.1 Å². The van der Waals surface area contributed by atoms with E-state index >= 15 is 0 Å². The van der Waals surface area contributed by atoms with Gasteiger partial charge in [0.15, 0.2) is 11.6 Å². The van der Waals surface area contributed by atoms with Crippen LogP contribution in [0.5, 0.6) is 0 Å². The zero-order valence-corrected chi connectivity index (χ0v) is 33.5. The predicted octanol–water partition coefficient (Wildman–Crippen LogP) is 12.8. The average molecular weight is 809 g/mol. The number of aromatic nitrogens is 8. The quantitative estimate of drug-likeness (QED) is 0.165. The van der Waals surface area contributed by atoms with E-state index in [2.05, 4.69) is 197 Å². The smallest absolute Gasteiger partial charge is 0.163 e. The Morgan fingerprint density at radius 1 is 0.333 bits per heavy atom. The molecule has 0 radical (unpaired) electrons. The van der Waals surface area contributed by atoms with E-state index in [1.807, 2.05) is 12.1 Å². The fraction of sp³-hybridized carbons (Fsp3) is 0. The van der Waals surface area contributed by atoms with E-state index in [4.69, 9.17) is 4.42 Å². The summed E-state index contributed by atoms with van der Waals surface area (Å²) in [5, 5.41) is 6.53. The number of furan rings is 1. The van der Waals surface area contributed by atoms with Gasteiger partial charge in [0, 0.05) is 54.8 Å². The molecule has 9 nitrogen and oxygen atoms in total. The first-order chi connectivity index (χ1) is 31.2. The van der Waals surface area contributed by atoms with Crippen LogP contribution in [0.25, 0.3) is 122 Å². The lowest BCUT2D eigenvalue weighted by Crippen LogP contribution is -1.93. The van der Waals surface area contributed by atoms with Crippen molar-refractivity contribution in [3.63, 3.8) is 0 Å². The third kappa shape index (κ3) is 5.50. The summed E-state index contributed by atoms with van der Waals surface area (Å²) in [5.74, 6) is 1.28. The Morgan fingerprint density at radius 2 is 0.730 bits per heavy atom. The van der Waals surface area contributed by atoms with Crippen LogP contribution in [0.3, 0.4) is 0 Å². The fourth-order valence-electron chi connectivity index (χ4n) is 9.48. The van der Waals surface area contributed by atoms with Crippen molar-refractivity contribution in [3.05, 3.63) is 195 Å². The molecule has 0 bridgehead atoms. The van der Waals surface area contributed by atoms with Gasteiger partial charge in [-0.15, -0.1) is 0 Å². The minimum atomic E-state index is 0.638. The Labute approximate surface area is 359 Å². The molecule has 0 aliphatic rings. The molecule has 294 valence electrons. The van der Waals surface area contributed by atoms with Gasteiger partial charge in [-0.2, -0.15) is 0 Å². The van der Waals surface area contributed by atoms with Crippen LogP contribution in [-0.2, 0) is 0 Å². The monoisotopic (exact) mass is 808 g/mol. The van der Waals surface area contributed by atoms with Gasteiger partial charge in [0.2, 0.25) is 0 Å². The SMILES string of the molecule is c1ccc(-n2c3ccc(-c4ccc5oc6ccc(-c7ccc8c(c7)c7c(-c9ncncn9)cccc7n8-c7ccccc7)cc6c5c4)cc3c3c(-c4ncncn4)cccc32)cc1. The Balaban J connectivity index is 0.973. The third-order valence-corrected chi connectivity index (χ3v) is 12.2. The molecule has 63 heavy (non-hydrogen) atoms. The first kappa shape index (κ1) is 35.0. The Kier molecular flexibility index (Phi) is 7.70. The van der Waals surface area contributed by atoms with Crippen molar-refractivity contribution in [2.75, 3.05) is 0 Å². The molecular weight excluding hydrogens is 777 g/mol. The van der Waals surface area contributed by atoms with Gasteiger partial charge in [-0.05, 0) is 107 Å². The van der Waals surface area contributed by atoms with Crippen molar-refractivity contribution in [2.45, 2.75) is 0 Å². The molecule has 0 saturated heterocycles. The summed E-state index contributed by atoms with van der Waals surface area (Å²) in [6, 6.07) is 60.1. The summed E-state index contributed by atoms with van der Waals surface area (Å²) >= 11 is 0. The van der Waals surface area contributed by atoms with E-state index in [0.717, 1.165) is 110 Å². The Bertz CT molecular complexity index is 3640. The maximum Gasteiger partial charge on any atom is 0.163 e. The predicted molar refractivity (Wildman–Crippen MR) is 251 cm³/mol. The van der Waals surface area contributed by atoms with Crippen LogP contribution in [0.2, 0.25) is 0 Å². The van der Waals surface area contributed by atoms with Crippen molar-refractivity contribution in [2.24, 2.45) is 0 Å². The van der Waals surface area contributed by atoms with Gasteiger partial charge in [0.1, 0.15) is 36.5 Å². The Morgan fingerprint density at radius 3 is 1.16 bits per heavy atom. The molecule has 13 aromatic rings. The third-order valence-electron chi connectivity index (χ3n) is 12.2. The molecule has 0 spiro atoms. The molecule has 8 aromatic carbocycles. The van der Waals surface area contributed by atoms with Crippen LogP contribution >= 0.6 is 0 Å². The van der Waals surface area contributed by atoms with Crippen molar-refractivity contribution in [1.82, 2.24) is 39.0 Å². The van der Waals surface area contributed by atoms with E-state index in [9.17, 15) is 0 Å². The van der Waals surface area contributed by atoms with E-state index < -0.39 is 0 Å². The van der Waals surface area contributed by atoms with Crippen LogP contribution in [0.4, 0.5) is 0 Å². The Hall–Kier alpha value is -8.82. The second-order valence-corrected chi connectivity index (χ2v) is 15.7. The van der Waals surface area contributed by atoms with Crippen LogP contribution in [0.15, 0.2) is 200 Å². The fourth-order valence-corrected chi connectivity index (χ4v) is 9.48. The van der Waals surface area contributed by atoms with Crippen molar-refractivity contribution < 1.29 is 4.42 Å². The highest BCUT2D eigenvalue weighted by atomic mass is 16.3. The molecule has 0 aliphatic heterocycles. The second-order valence-electron chi connectivity index (χ2n) is 15.7. The highest BCUT2D eigenvalue weighted by Gasteiger charge is 2.21. The number of hydrogen-bond donors (Lipinski definition) is 0.